The quantitative estimate of drug-likeness (QED) is 0.174. The van der Waals surface area contributed by atoms with E-state index in [-0.39, 0.29) is 25.7 Å². The van der Waals surface area contributed by atoms with Crippen molar-refractivity contribution in [2.45, 2.75) is 117 Å². The lowest BCUT2D eigenvalue weighted by Gasteiger charge is -2.41. The Kier molecular flexibility index (Phi) is 10.9. The molecule has 3 aromatic rings. The Morgan fingerprint density at radius 2 is 1.44 bits per heavy atom. The molecule has 52 heavy (non-hydrogen) atoms. The molecule has 0 saturated carbocycles. The maximum Gasteiger partial charge on any atom is 0.382 e. The zero-order valence-corrected chi connectivity index (χ0v) is 35.2. The van der Waals surface area contributed by atoms with Crippen LogP contribution in [-0.4, -0.2) is 16.2 Å². The molecule has 0 fully saturated rings. The van der Waals surface area contributed by atoms with Crippen molar-refractivity contribution in [1.82, 2.24) is 9.99 Å². The molecule has 0 bridgehead atoms. The van der Waals surface area contributed by atoms with Crippen molar-refractivity contribution >= 4 is 17.3 Å². The van der Waals surface area contributed by atoms with E-state index in [4.69, 9.17) is 18.3 Å². The average Bonchev–Trinajstić information content (AvgIpc) is 3.01. The fourth-order valence-electron chi connectivity index (χ4n) is 6.87. The van der Waals surface area contributed by atoms with Crippen LogP contribution in [0.2, 0.25) is 0 Å². The summed E-state index contributed by atoms with van der Waals surface area (Å²) in [4.78, 5) is 2.14. The highest BCUT2D eigenvalue weighted by Crippen LogP contribution is 2.59. The molecular formula is C44H58N2O4P2. The minimum Gasteiger partial charge on any atom is -0.471 e. The molecule has 0 amide bonds. The molecule has 278 valence electrons. The maximum atomic E-state index is 7.07. The van der Waals surface area contributed by atoms with Gasteiger partial charge in [0, 0.05) is 27.9 Å². The molecule has 2 aliphatic rings. The van der Waals surface area contributed by atoms with Crippen molar-refractivity contribution in [3.63, 3.8) is 0 Å². The standard InChI is InChI=1S/C44H58N2O4P2/c1-17-35-29(6)22-30-20-18-19-21-36(30)49-52(45-35)50-38-26-32(42(10,11)12)24-34-40(38)47-39-33(43(34,13)14)23-31(41(7,8)9)25-37(39)48-51-44(15,16)46(27(2)3)28(4)5/h17-21,23-26,35,45,51H,1-2,4,6,22H2,3,5,7-16H3. The van der Waals surface area contributed by atoms with Gasteiger partial charge in [0.05, 0.1) is 20.1 Å². The summed E-state index contributed by atoms with van der Waals surface area (Å²) >= 11 is 0. The summed E-state index contributed by atoms with van der Waals surface area (Å²) < 4.78 is 27.5. The summed E-state index contributed by atoms with van der Waals surface area (Å²) in [6.45, 7) is 43.1. The molecule has 0 aliphatic carbocycles. The van der Waals surface area contributed by atoms with Crippen LogP contribution in [0.5, 0.6) is 28.7 Å². The van der Waals surface area contributed by atoms with E-state index in [0.29, 0.717) is 29.4 Å². The largest absolute Gasteiger partial charge is 0.471 e. The number of para-hydroxylation sites is 1. The van der Waals surface area contributed by atoms with Crippen molar-refractivity contribution in [2.75, 3.05) is 0 Å². The number of fused-ring (bicyclic) bond motifs is 3. The van der Waals surface area contributed by atoms with Crippen LogP contribution < -0.4 is 23.4 Å². The number of hydrogen-bond donors (Lipinski definition) is 1. The first-order valence-electron chi connectivity index (χ1n) is 18.0. The van der Waals surface area contributed by atoms with Gasteiger partial charge in [-0.05, 0) is 79.8 Å². The van der Waals surface area contributed by atoms with Crippen LogP contribution >= 0.6 is 17.3 Å². The van der Waals surface area contributed by atoms with Gasteiger partial charge in [-0.2, -0.15) is 0 Å². The van der Waals surface area contributed by atoms with Gasteiger partial charge in [0.2, 0.25) is 0 Å². The van der Waals surface area contributed by atoms with Gasteiger partial charge < -0.3 is 23.2 Å². The Bertz CT molecular complexity index is 1900. The van der Waals surface area contributed by atoms with E-state index in [1.54, 1.807) is 0 Å². The van der Waals surface area contributed by atoms with Gasteiger partial charge in [-0.3, -0.25) is 0 Å². The zero-order chi connectivity index (χ0) is 38.6. The Labute approximate surface area is 316 Å². The Hall–Kier alpha value is -3.56. The van der Waals surface area contributed by atoms with E-state index >= 15 is 0 Å². The molecule has 6 nitrogen and oxygen atoms in total. The predicted octanol–water partition coefficient (Wildman–Crippen LogP) is 12.7. The van der Waals surface area contributed by atoms with E-state index < -0.39 is 19.2 Å². The van der Waals surface area contributed by atoms with Crippen LogP contribution in [0.25, 0.3) is 0 Å². The van der Waals surface area contributed by atoms with E-state index in [1.165, 1.54) is 5.56 Å². The highest BCUT2D eigenvalue weighted by Gasteiger charge is 2.41. The van der Waals surface area contributed by atoms with E-state index in [9.17, 15) is 0 Å². The summed E-state index contributed by atoms with van der Waals surface area (Å²) in [6, 6.07) is 16.7. The number of hydrogen-bond acceptors (Lipinski definition) is 6. The number of nitrogens with one attached hydrogen (secondary N) is 1. The molecule has 1 N–H and O–H groups in total. The second-order valence-electron chi connectivity index (χ2n) is 17.2. The van der Waals surface area contributed by atoms with Gasteiger partial charge in [0.15, 0.2) is 23.0 Å². The van der Waals surface area contributed by atoms with Crippen molar-refractivity contribution < 1.29 is 18.3 Å². The van der Waals surface area contributed by atoms with Gasteiger partial charge in [0.1, 0.15) is 5.75 Å². The summed E-state index contributed by atoms with van der Waals surface area (Å²) in [5, 5.41) is 3.16. The molecule has 3 atom stereocenters. The number of rotatable bonds is 9. The SMILES string of the molecule is C=CC1NP(Oc2cc(C(C)(C)C)cc3c2Oc2c(OPC(C)(C)N(C(=C)C)C(=C)C)cc(C(C)(C)C)cc2C3(C)C)Oc2ccccc2CC1=C. The monoisotopic (exact) mass is 740 g/mol. The van der Waals surface area contributed by atoms with Crippen LogP contribution in [0.15, 0.2) is 97.9 Å². The number of nitrogens with zero attached hydrogens (tertiary/aromatic N) is 1. The van der Waals surface area contributed by atoms with Gasteiger partial charge in [-0.25, -0.2) is 5.09 Å². The predicted molar refractivity (Wildman–Crippen MR) is 222 cm³/mol. The number of allylic oxidation sites excluding steroid dienone is 2. The zero-order valence-electron chi connectivity index (χ0n) is 33.3. The molecule has 0 spiro atoms. The van der Waals surface area contributed by atoms with Crippen molar-refractivity contribution in [3.8, 4) is 28.7 Å². The highest BCUT2D eigenvalue weighted by atomic mass is 31.2. The van der Waals surface area contributed by atoms with E-state index in [0.717, 1.165) is 45.0 Å². The van der Waals surface area contributed by atoms with Crippen molar-refractivity contribution in [2.24, 2.45) is 0 Å². The minimum absolute atomic E-state index is 0.0540. The van der Waals surface area contributed by atoms with Crippen LogP contribution in [-0.2, 0) is 22.7 Å². The third-order valence-electron chi connectivity index (χ3n) is 9.80. The van der Waals surface area contributed by atoms with Crippen LogP contribution in [0.3, 0.4) is 0 Å². The second-order valence-corrected chi connectivity index (χ2v) is 20.0. The number of ether oxygens (including phenoxy) is 1. The molecule has 2 heterocycles. The highest BCUT2D eigenvalue weighted by molar-refractivity contribution is 7.45. The summed E-state index contributed by atoms with van der Waals surface area (Å²) in [6.07, 6.45) is 2.54. The Morgan fingerprint density at radius 3 is 1.98 bits per heavy atom. The van der Waals surface area contributed by atoms with Crippen molar-refractivity contribution in [1.29, 1.82) is 0 Å². The van der Waals surface area contributed by atoms with E-state index in [1.807, 2.05) is 38.1 Å². The summed E-state index contributed by atoms with van der Waals surface area (Å²) in [7, 11) is -1.64. The first-order chi connectivity index (χ1) is 24.0. The molecular weight excluding hydrogens is 682 g/mol. The van der Waals surface area contributed by atoms with E-state index in [2.05, 4.69) is 136 Å². The smallest absolute Gasteiger partial charge is 0.382 e. The van der Waals surface area contributed by atoms with Crippen molar-refractivity contribution in [3.05, 3.63) is 126 Å². The molecule has 2 aliphatic heterocycles. The molecule has 8 heteroatoms. The molecule has 0 radical (unpaired) electrons. The Balaban J connectivity index is 1.66. The second kappa shape index (κ2) is 14.3. The normalized spacial score (nSPS) is 18.5. The van der Waals surface area contributed by atoms with Gasteiger partial charge in [-0.1, -0.05) is 117 Å². The van der Waals surface area contributed by atoms with Gasteiger partial charge in [-0.15, -0.1) is 6.58 Å². The molecule has 3 unspecified atom stereocenters. The minimum atomic E-state index is -1.70. The average molecular weight is 741 g/mol. The molecule has 0 saturated heterocycles. The lowest BCUT2D eigenvalue weighted by Crippen LogP contribution is -2.37. The molecule has 0 aromatic heterocycles. The van der Waals surface area contributed by atoms with Gasteiger partial charge >= 0.3 is 8.53 Å². The van der Waals surface area contributed by atoms with Gasteiger partial charge in [0.25, 0.3) is 0 Å². The first-order valence-corrected chi connectivity index (χ1v) is 20.0. The topological polar surface area (TPSA) is 52.2 Å². The van der Waals surface area contributed by atoms with Crippen LogP contribution in [0.4, 0.5) is 0 Å². The fourth-order valence-corrected chi connectivity index (χ4v) is 9.19. The number of benzene rings is 3. The summed E-state index contributed by atoms with van der Waals surface area (Å²) in [5.74, 6) is 3.43. The lowest BCUT2D eigenvalue weighted by atomic mass is 9.72. The molecule has 5 rings (SSSR count). The third kappa shape index (κ3) is 8.01. The van der Waals surface area contributed by atoms with Crippen LogP contribution in [0.1, 0.15) is 111 Å². The van der Waals surface area contributed by atoms with Crippen LogP contribution in [0, 0.1) is 0 Å². The summed E-state index contributed by atoms with van der Waals surface area (Å²) in [5.41, 5.74) is 7.56. The maximum absolute atomic E-state index is 7.07. The fraction of sp³-hybridized carbons (Fsp3) is 0.409. The molecule has 3 aromatic carbocycles. The third-order valence-corrected chi connectivity index (χ3v) is 12.1. The Morgan fingerprint density at radius 1 is 0.904 bits per heavy atom. The first kappa shape index (κ1) is 39.6. The lowest BCUT2D eigenvalue weighted by molar-refractivity contribution is 0.304.